The number of nitrogens with two attached hydrogens (primary N) is 2. The first-order valence-corrected chi connectivity index (χ1v) is 5.78. The molecule has 0 aliphatic heterocycles. The number of hydrogen-bond donors (Lipinski definition) is 2. The minimum absolute atomic E-state index is 0.285. The minimum atomic E-state index is 0.285. The second-order valence-electron chi connectivity index (χ2n) is 3.41. The predicted octanol–water partition coefficient (Wildman–Crippen LogP) is 3.87. The monoisotopic (exact) mass is 287 g/mol. The molecule has 0 amide bonds. The van der Waals surface area contributed by atoms with E-state index in [2.05, 4.69) is 4.98 Å². The van der Waals surface area contributed by atoms with Crippen LogP contribution in [0, 0.1) is 0 Å². The number of hydrogen-bond acceptors (Lipinski definition) is 3. The average molecular weight is 289 g/mol. The smallest absolute Gasteiger partial charge is 0.0784 e. The van der Waals surface area contributed by atoms with E-state index < -0.39 is 0 Å². The van der Waals surface area contributed by atoms with Crippen molar-refractivity contribution in [3.8, 4) is 11.1 Å². The first kappa shape index (κ1) is 12.3. The number of nitrogens with zero attached hydrogens (tertiary/aromatic N) is 1. The standard InChI is InChI=1S/C11H8Cl3N3/c12-7-2-1-5(9(13)10(7)14)6-3-17-4-8(15)11(6)16/h1-4H,15H2,(H2,16,17). The molecule has 0 aliphatic rings. The topological polar surface area (TPSA) is 64.9 Å². The molecule has 0 spiro atoms. The lowest BCUT2D eigenvalue weighted by molar-refractivity contribution is 1.33. The van der Waals surface area contributed by atoms with Crippen LogP contribution >= 0.6 is 34.8 Å². The zero-order chi connectivity index (χ0) is 12.6. The van der Waals surface area contributed by atoms with Gasteiger partial charge in [0.05, 0.1) is 32.6 Å². The van der Waals surface area contributed by atoms with E-state index in [0.717, 1.165) is 0 Å². The van der Waals surface area contributed by atoms with Crippen molar-refractivity contribution in [1.29, 1.82) is 0 Å². The minimum Gasteiger partial charge on any atom is -0.396 e. The van der Waals surface area contributed by atoms with Gasteiger partial charge in [0.15, 0.2) is 0 Å². The zero-order valence-corrected chi connectivity index (χ0v) is 10.8. The van der Waals surface area contributed by atoms with Crippen molar-refractivity contribution in [3.05, 3.63) is 39.6 Å². The molecule has 0 atom stereocenters. The maximum Gasteiger partial charge on any atom is 0.0784 e. The molecule has 2 aromatic rings. The van der Waals surface area contributed by atoms with Gasteiger partial charge in [0.25, 0.3) is 0 Å². The van der Waals surface area contributed by atoms with E-state index in [0.29, 0.717) is 32.5 Å². The predicted molar refractivity (Wildman–Crippen MR) is 73.5 cm³/mol. The van der Waals surface area contributed by atoms with Gasteiger partial charge in [0.1, 0.15) is 0 Å². The molecule has 4 N–H and O–H groups in total. The molecule has 1 heterocycles. The Kier molecular flexibility index (Phi) is 3.33. The van der Waals surface area contributed by atoms with Gasteiger partial charge in [-0.1, -0.05) is 40.9 Å². The summed E-state index contributed by atoms with van der Waals surface area (Å²) in [5.41, 5.74) is 13.7. The van der Waals surface area contributed by atoms with Crippen LogP contribution in [0.15, 0.2) is 24.5 Å². The summed E-state index contributed by atoms with van der Waals surface area (Å²) < 4.78 is 0. The summed E-state index contributed by atoms with van der Waals surface area (Å²) in [6.45, 7) is 0. The van der Waals surface area contributed by atoms with Crippen molar-refractivity contribution in [2.75, 3.05) is 11.5 Å². The fourth-order valence-corrected chi connectivity index (χ4v) is 2.07. The second-order valence-corrected chi connectivity index (χ2v) is 4.58. The maximum atomic E-state index is 6.12. The summed E-state index contributed by atoms with van der Waals surface area (Å²) in [5, 5.41) is 1.00. The highest BCUT2D eigenvalue weighted by Gasteiger charge is 2.13. The molecule has 6 heteroatoms. The molecule has 0 aliphatic carbocycles. The van der Waals surface area contributed by atoms with E-state index in [4.69, 9.17) is 46.3 Å². The van der Waals surface area contributed by atoms with Gasteiger partial charge < -0.3 is 11.5 Å². The maximum absolute atomic E-state index is 6.12. The molecule has 1 aromatic carbocycles. The number of benzene rings is 1. The van der Waals surface area contributed by atoms with Crippen molar-refractivity contribution in [3.63, 3.8) is 0 Å². The molecule has 2 rings (SSSR count). The third-order valence-corrected chi connectivity index (χ3v) is 3.64. The van der Waals surface area contributed by atoms with Crippen molar-refractivity contribution in [2.45, 2.75) is 0 Å². The van der Waals surface area contributed by atoms with Gasteiger partial charge in [0.2, 0.25) is 0 Å². The van der Waals surface area contributed by atoms with E-state index in [1.54, 1.807) is 18.3 Å². The fourth-order valence-electron chi connectivity index (χ4n) is 1.44. The Hall–Kier alpha value is -1.16. The first-order chi connectivity index (χ1) is 8.02. The Balaban J connectivity index is 2.69. The van der Waals surface area contributed by atoms with Gasteiger partial charge in [0, 0.05) is 17.3 Å². The van der Waals surface area contributed by atoms with Crippen LogP contribution in [0.25, 0.3) is 11.1 Å². The van der Waals surface area contributed by atoms with Gasteiger partial charge in [-0.15, -0.1) is 0 Å². The lowest BCUT2D eigenvalue weighted by Crippen LogP contribution is -1.98. The lowest BCUT2D eigenvalue weighted by atomic mass is 10.1. The van der Waals surface area contributed by atoms with Crippen LogP contribution in [-0.4, -0.2) is 4.98 Å². The Morgan fingerprint density at radius 3 is 2.29 bits per heavy atom. The summed E-state index contributed by atoms with van der Waals surface area (Å²) >= 11 is 17.9. The van der Waals surface area contributed by atoms with Gasteiger partial charge >= 0.3 is 0 Å². The molecule has 17 heavy (non-hydrogen) atoms. The molecular formula is C11H8Cl3N3. The third-order valence-electron chi connectivity index (χ3n) is 2.34. The molecule has 0 fully saturated rings. The Morgan fingerprint density at radius 2 is 1.59 bits per heavy atom. The number of aromatic nitrogens is 1. The third kappa shape index (κ3) is 2.14. The number of rotatable bonds is 1. The first-order valence-electron chi connectivity index (χ1n) is 4.65. The molecule has 0 saturated heterocycles. The van der Waals surface area contributed by atoms with Crippen LogP contribution in [0.4, 0.5) is 11.4 Å². The Labute approximate surface area is 113 Å². The molecule has 88 valence electrons. The van der Waals surface area contributed by atoms with Gasteiger partial charge in [-0.05, 0) is 6.07 Å². The van der Waals surface area contributed by atoms with Gasteiger partial charge in [-0.25, -0.2) is 0 Å². The highest BCUT2D eigenvalue weighted by Crippen LogP contribution is 2.40. The zero-order valence-electron chi connectivity index (χ0n) is 8.55. The molecule has 0 saturated carbocycles. The van der Waals surface area contributed by atoms with Crippen LogP contribution in [0.3, 0.4) is 0 Å². The van der Waals surface area contributed by atoms with Crippen molar-refractivity contribution < 1.29 is 0 Å². The molecular weight excluding hydrogens is 281 g/mol. The molecule has 1 aromatic heterocycles. The van der Waals surface area contributed by atoms with Crippen LogP contribution in [0.5, 0.6) is 0 Å². The van der Waals surface area contributed by atoms with Crippen molar-refractivity contribution in [2.24, 2.45) is 0 Å². The fraction of sp³-hybridized carbons (Fsp3) is 0. The summed E-state index contributed by atoms with van der Waals surface area (Å²) in [6.07, 6.45) is 3.06. The average Bonchev–Trinajstić information content (AvgIpc) is 2.31. The number of halogens is 3. The van der Waals surface area contributed by atoms with E-state index in [-0.39, 0.29) is 5.02 Å². The van der Waals surface area contributed by atoms with E-state index >= 15 is 0 Å². The summed E-state index contributed by atoms with van der Waals surface area (Å²) in [5.74, 6) is 0. The Bertz CT molecular complexity index is 584. The second kappa shape index (κ2) is 4.61. The molecule has 0 bridgehead atoms. The van der Waals surface area contributed by atoms with Crippen molar-refractivity contribution in [1.82, 2.24) is 4.98 Å². The van der Waals surface area contributed by atoms with Crippen LogP contribution < -0.4 is 11.5 Å². The van der Waals surface area contributed by atoms with Gasteiger partial charge in [-0.3, -0.25) is 4.98 Å². The number of anilines is 2. The van der Waals surface area contributed by atoms with Crippen LogP contribution in [-0.2, 0) is 0 Å². The van der Waals surface area contributed by atoms with E-state index in [9.17, 15) is 0 Å². The summed E-state index contributed by atoms with van der Waals surface area (Å²) in [6, 6.07) is 3.37. The summed E-state index contributed by atoms with van der Waals surface area (Å²) in [7, 11) is 0. The highest BCUT2D eigenvalue weighted by atomic mass is 35.5. The lowest BCUT2D eigenvalue weighted by Gasteiger charge is -2.10. The normalized spacial score (nSPS) is 10.5. The number of nitrogen functional groups attached to an aromatic ring is 2. The quantitative estimate of drug-likeness (QED) is 0.783. The molecule has 0 radical (unpaired) electrons. The molecule has 3 nitrogen and oxygen atoms in total. The van der Waals surface area contributed by atoms with Crippen molar-refractivity contribution >= 4 is 46.2 Å². The Morgan fingerprint density at radius 1 is 0.882 bits per heavy atom. The van der Waals surface area contributed by atoms with E-state index in [1.165, 1.54) is 6.20 Å². The SMILES string of the molecule is Nc1cncc(-c2ccc(Cl)c(Cl)c2Cl)c1N. The van der Waals surface area contributed by atoms with E-state index in [1.807, 2.05) is 0 Å². The van der Waals surface area contributed by atoms with Crippen LogP contribution in [0.1, 0.15) is 0 Å². The summed E-state index contributed by atoms with van der Waals surface area (Å²) in [4.78, 5) is 3.97. The van der Waals surface area contributed by atoms with Gasteiger partial charge in [-0.2, -0.15) is 0 Å². The number of pyridine rings is 1. The highest BCUT2D eigenvalue weighted by molar-refractivity contribution is 6.49. The largest absolute Gasteiger partial charge is 0.396 e. The molecule has 0 unspecified atom stereocenters. The van der Waals surface area contributed by atoms with Crippen LogP contribution in [0.2, 0.25) is 15.1 Å².